The highest BCUT2D eigenvalue weighted by molar-refractivity contribution is 5.99. The number of ether oxygens (including phenoxy) is 3. The van der Waals surface area contributed by atoms with Crippen molar-refractivity contribution in [2.45, 2.75) is 77.0 Å². The molecular formula is C25H37NO6. The van der Waals surface area contributed by atoms with Crippen LogP contribution < -0.4 is 0 Å². The van der Waals surface area contributed by atoms with Gasteiger partial charge in [0.05, 0.1) is 26.2 Å². The summed E-state index contributed by atoms with van der Waals surface area (Å²) < 4.78 is 16.2. The van der Waals surface area contributed by atoms with Gasteiger partial charge in [0.1, 0.15) is 6.10 Å². The van der Waals surface area contributed by atoms with Crippen molar-refractivity contribution in [3.05, 3.63) is 35.9 Å². The zero-order chi connectivity index (χ0) is 23.7. The van der Waals surface area contributed by atoms with Gasteiger partial charge in [-0.3, -0.25) is 4.79 Å². The third-order valence-corrected chi connectivity index (χ3v) is 6.03. The highest BCUT2D eigenvalue weighted by atomic mass is 16.5. The predicted molar refractivity (Wildman–Crippen MR) is 122 cm³/mol. The van der Waals surface area contributed by atoms with Gasteiger partial charge in [-0.05, 0) is 24.5 Å². The molecule has 0 spiro atoms. The van der Waals surface area contributed by atoms with Crippen molar-refractivity contribution < 1.29 is 28.9 Å². The normalized spacial score (nSPS) is 22.1. The lowest BCUT2D eigenvalue weighted by Gasteiger charge is -2.34. The van der Waals surface area contributed by atoms with Crippen molar-refractivity contribution in [1.82, 2.24) is 0 Å². The van der Waals surface area contributed by atoms with Crippen LogP contribution in [-0.2, 0) is 23.8 Å². The minimum absolute atomic E-state index is 0.0904. The number of aliphatic hydroxyl groups is 1. The van der Waals surface area contributed by atoms with Crippen LogP contribution in [0.3, 0.4) is 0 Å². The molecule has 0 unspecified atom stereocenters. The highest BCUT2D eigenvalue weighted by Gasteiger charge is 2.56. The first-order valence-electron chi connectivity index (χ1n) is 11.5. The van der Waals surface area contributed by atoms with E-state index in [0.29, 0.717) is 12.3 Å². The van der Waals surface area contributed by atoms with Gasteiger partial charge in [0.2, 0.25) is 11.4 Å². The number of esters is 2. The molecule has 2 rings (SSSR count). The molecule has 1 aromatic rings. The largest absolute Gasteiger partial charge is 0.471 e. The molecule has 0 aliphatic carbocycles. The van der Waals surface area contributed by atoms with Gasteiger partial charge in [0.25, 0.3) is 0 Å². The SMILES string of the molecule is CCCCCC[C@H](C(=O)OC)[C@H](O)C[C@@]1(C(=O)OC)N=C(c2ccccc2)O[C@H]1C(C)C. The van der Waals surface area contributed by atoms with Crippen LogP contribution >= 0.6 is 0 Å². The Labute approximate surface area is 191 Å². The molecule has 7 nitrogen and oxygen atoms in total. The van der Waals surface area contributed by atoms with E-state index in [0.717, 1.165) is 31.2 Å². The fourth-order valence-electron chi connectivity index (χ4n) is 4.34. The molecule has 0 radical (unpaired) electrons. The molecule has 178 valence electrons. The van der Waals surface area contributed by atoms with Crippen molar-refractivity contribution >= 4 is 17.8 Å². The Hall–Kier alpha value is -2.41. The van der Waals surface area contributed by atoms with E-state index < -0.39 is 35.6 Å². The van der Waals surface area contributed by atoms with Crippen LogP contribution in [0.1, 0.15) is 64.9 Å². The molecule has 1 heterocycles. The number of aliphatic hydroxyl groups excluding tert-OH is 1. The van der Waals surface area contributed by atoms with Crippen LogP contribution in [0.4, 0.5) is 0 Å². The number of methoxy groups -OCH3 is 2. The highest BCUT2D eigenvalue weighted by Crippen LogP contribution is 2.39. The number of hydrogen-bond acceptors (Lipinski definition) is 7. The van der Waals surface area contributed by atoms with Gasteiger partial charge >= 0.3 is 11.9 Å². The third-order valence-electron chi connectivity index (χ3n) is 6.03. The Bertz CT molecular complexity index is 778. The molecule has 1 aliphatic rings. The average Bonchev–Trinajstić information content (AvgIpc) is 3.19. The molecule has 4 atom stereocenters. The molecule has 0 bridgehead atoms. The zero-order valence-electron chi connectivity index (χ0n) is 19.9. The van der Waals surface area contributed by atoms with E-state index in [4.69, 9.17) is 14.2 Å². The quantitative estimate of drug-likeness (QED) is 0.386. The number of benzene rings is 1. The number of rotatable bonds is 12. The second-order valence-electron chi connectivity index (χ2n) is 8.73. The van der Waals surface area contributed by atoms with Crippen LogP contribution in [0.15, 0.2) is 35.3 Å². The van der Waals surface area contributed by atoms with Crippen molar-refractivity contribution in [2.75, 3.05) is 14.2 Å². The number of carbonyl (C=O) groups excluding carboxylic acids is 2. The minimum atomic E-state index is -1.46. The van der Waals surface area contributed by atoms with Crippen LogP contribution in [-0.4, -0.2) is 54.9 Å². The molecule has 32 heavy (non-hydrogen) atoms. The van der Waals surface area contributed by atoms with E-state index in [-0.39, 0.29) is 12.3 Å². The molecule has 0 amide bonds. The van der Waals surface area contributed by atoms with E-state index in [9.17, 15) is 14.7 Å². The first-order chi connectivity index (χ1) is 15.3. The molecule has 1 aliphatic heterocycles. The molecule has 0 aromatic heterocycles. The van der Waals surface area contributed by atoms with E-state index in [1.54, 1.807) is 0 Å². The molecule has 0 saturated heterocycles. The number of carbonyl (C=O) groups is 2. The van der Waals surface area contributed by atoms with Gasteiger partial charge in [-0.1, -0.05) is 64.7 Å². The molecule has 0 saturated carbocycles. The van der Waals surface area contributed by atoms with Crippen molar-refractivity contribution in [2.24, 2.45) is 16.8 Å². The molecule has 7 heteroatoms. The zero-order valence-corrected chi connectivity index (χ0v) is 19.9. The van der Waals surface area contributed by atoms with Crippen molar-refractivity contribution in [3.63, 3.8) is 0 Å². The van der Waals surface area contributed by atoms with Gasteiger partial charge in [-0.25, -0.2) is 9.79 Å². The van der Waals surface area contributed by atoms with Crippen molar-refractivity contribution in [1.29, 1.82) is 0 Å². The molecule has 0 fully saturated rings. The van der Waals surface area contributed by atoms with Crippen LogP contribution in [0, 0.1) is 11.8 Å². The first kappa shape index (κ1) is 25.8. The summed E-state index contributed by atoms with van der Waals surface area (Å²) in [5, 5.41) is 11.2. The number of nitrogens with zero attached hydrogens (tertiary/aromatic N) is 1. The standard InChI is InChI=1S/C25H37NO6/c1-6-7-8-12-15-19(23(28)30-4)20(27)16-25(24(29)31-5)21(17(2)3)32-22(26-25)18-13-10-9-11-14-18/h9-11,13-14,17,19-21,27H,6-8,12,15-16H2,1-5H3/t19-,20+,21-,25+/m0/s1. The Morgan fingerprint density at radius 3 is 2.38 bits per heavy atom. The first-order valence-corrected chi connectivity index (χ1v) is 11.5. The topological polar surface area (TPSA) is 94.4 Å². The average molecular weight is 448 g/mol. The number of unbranched alkanes of at least 4 members (excludes halogenated alkanes) is 3. The van der Waals surface area contributed by atoms with E-state index in [1.165, 1.54) is 14.2 Å². The number of hydrogen-bond donors (Lipinski definition) is 1. The van der Waals surface area contributed by atoms with E-state index in [2.05, 4.69) is 11.9 Å². The second-order valence-corrected chi connectivity index (χ2v) is 8.73. The molecular weight excluding hydrogens is 410 g/mol. The van der Waals surface area contributed by atoms with Crippen LogP contribution in [0.5, 0.6) is 0 Å². The lowest BCUT2D eigenvalue weighted by Crippen LogP contribution is -2.52. The van der Waals surface area contributed by atoms with E-state index >= 15 is 0 Å². The number of aliphatic imine (C=N–C) groups is 1. The summed E-state index contributed by atoms with van der Waals surface area (Å²) in [6.07, 6.45) is 2.50. The summed E-state index contributed by atoms with van der Waals surface area (Å²) >= 11 is 0. The smallest absolute Gasteiger partial charge is 0.337 e. The van der Waals surface area contributed by atoms with Crippen LogP contribution in [0.25, 0.3) is 0 Å². The second kappa shape index (κ2) is 12.0. The van der Waals surface area contributed by atoms with Gasteiger partial charge < -0.3 is 19.3 Å². The van der Waals surface area contributed by atoms with Crippen molar-refractivity contribution in [3.8, 4) is 0 Å². The lowest BCUT2D eigenvalue weighted by molar-refractivity contribution is -0.157. The van der Waals surface area contributed by atoms with Gasteiger partial charge in [0.15, 0.2) is 0 Å². The Kier molecular flexibility index (Phi) is 9.69. The Balaban J connectivity index is 2.39. The predicted octanol–water partition coefficient (Wildman–Crippen LogP) is 3.91. The summed E-state index contributed by atoms with van der Waals surface area (Å²) in [6, 6.07) is 9.32. The summed E-state index contributed by atoms with van der Waals surface area (Å²) in [5.41, 5.74) is -0.717. The summed E-state index contributed by atoms with van der Waals surface area (Å²) in [7, 11) is 2.61. The monoisotopic (exact) mass is 447 g/mol. The summed E-state index contributed by atoms with van der Waals surface area (Å²) in [4.78, 5) is 30.2. The van der Waals surface area contributed by atoms with E-state index in [1.807, 2.05) is 44.2 Å². The maximum atomic E-state index is 13.1. The Morgan fingerprint density at radius 1 is 1.12 bits per heavy atom. The van der Waals surface area contributed by atoms with Gasteiger partial charge in [-0.2, -0.15) is 0 Å². The Morgan fingerprint density at radius 2 is 1.81 bits per heavy atom. The fourth-order valence-corrected chi connectivity index (χ4v) is 4.34. The van der Waals surface area contributed by atoms with Crippen LogP contribution in [0.2, 0.25) is 0 Å². The third kappa shape index (κ3) is 5.88. The maximum absolute atomic E-state index is 13.1. The summed E-state index contributed by atoms with van der Waals surface area (Å²) in [5.74, 6) is -1.58. The minimum Gasteiger partial charge on any atom is -0.471 e. The van der Waals surface area contributed by atoms with Gasteiger partial charge in [-0.15, -0.1) is 0 Å². The molecule has 1 aromatic carbocycles. The maximum Gasteiger partial charge on any atom is 0.337 e. The lowest BCUT2D eigenvalue weighted by atomic mass is 9.78. The summed E-state index contributed by atoms with van der Waals surface area (Å²) in [6.45, 7) is 5.97. The fraction of sp³-hybridized carbons (Fsp3) is 0.640. The molecule has 1 N–H and O–H groups in total. The van der Waals surface area contributed by atoms with Gasteiger partial charge in [0, 0.05) is 12.0 Å².